The molecular formula is C10H11BrN2O2. The fourth-order valence-corrected chi connectivity index (χ4v) is 1.27. The maximum absolute atomic E-state index is 11.4. The van der Waals surface area contributed by atoms with Gasteiger partial charge in [-0.25, -0.2) is 4.79 Å². The Morgan fingerprint density at radius 1 is 1.73 bits per heavy atom. The van der Waals surface area contributed by atoms with Crippen molar-refractivity contribution in [1.82, 2.24) is 9.78 Å². The molecule has 0 saturated heterocycles. The Kier molecular flexibility index (Phi) is 4.37. The van der Waals surface area contributed by atoms with Crippen molar-refractivity contribution in [3.63, 3.8) is 0 Å². The van der Waals surface area contributed by atoms with E-state index in [1.807, 2.05) is 0 Å². The van der Waals surface area contributed by atoms with E-state index in [9.17, 15) is 4.79 Å². The predicted octanol–water partition coefficient (Wildman–Crippen LogP) is 1.34. The van der Waals surface area contributed by atoms with Gasteiger partial charge in [0.25, 0.3) is 0 Å². The quantitative estimate of drug-likeness (QED) is 0.463. The van der Waals surface area contributed by atoms with E-state index in [1.165, 1.54) is 11.8 Å². The van der Waals surface area contributed by atoms with Crippen molar-refractivity contribution in [3.8, 4) is 11.8 Å². The lowest BCUT2D eigenvalue weighted by molar-refractivity contribution is 0.0588. The number of alkyl halides is 1. The first-order valence-electron chi connectivity index (χ1n) is 4.36. The third-order valence-electron chi connectivity index (χ3n) is 1.76. The molecule has 0 aliphatic heterocycles. The third kappa shape index (κ3) is 2.83. The Hall–Kier alpha value is -1.28. The van der Waals surface area contributed by atoms with Crippen molar-refractivity contribution in [3.05, 3.63) is 17.5 Å². The Bertz CT molecular complexity index is 415. The number of esters is 1. The second-order valence-corrected chi connectivity index (χ2v) is 3.56. The van der Waals surface area contributed by atoms with E-state index in [2.05, 4.69) is 37.6 Å². The minimum atomic E-state index is -0.418. The molecule has 4 nitrogen and oxygen atoms in total. The van der Waals surface area contributed by atoms with Crippen LogP contribution in [-0.4, -0.2) is 28.2 Å². The number of nitrogens with zero attached hydrogens (tertiary/aromatic N) is 2. The van der Waals surface area contributed by atoms with Gasteiger partial charge in [0.2, 0.25) is 0 Å². The van der Waals surface area contributed by atoms with Crippen molar-refractivity contribution < 1.29 is 9.53 Å². The van der Waals surface area contributed by atoms with E-state index in [1.54, 1.807) is 13.2 Å². The molecule has 0 unspecified atom stereocenters. The summed E-state index contributed by atoms with van der Waals surface area (Å²) in [5.41, 5.74) is 0.991. The molecule has 0 aliphatic rings. The van der Waals surface area contributed by atoms with Crippen molar-refractivity contribution in [2.75, 3.05) is 12.4 Å². The number of aromatic nitrogens is 2. The molecule has 5 heteroatoms. The highest BCUT2D eigenvalue weighted by atomic mass is 79.9. The first-order valence-corrected chi connectivity index (χ1v) is 5.48. The molecule has 15 heavy (non-hydrogen) atoms. The number of hydrogen-bond acceptors (Lipinski definition) is 3. The minimum Gasteiger partial charge on any atom is -0.464 e. The molecule has 1 aromatic heterocycles. The number of halogens is 1. The normalized spacial score (nSPS) is 9.27. The van der Waals surface area contributed by atoms with E-state index in [0.717, 1.165) is 11.8 Å². The number of ether oxygens (including phenoxy) is 1. The second-order valence-electron chi connectivity index (χ2n) is 2.76. The van der Waals surface area contributed by atoms with Crippen LogP contribution in [0.5, 0.6) is 0 Å². The van der Waals surface area contributed by atoms with Crippen LogP contribution in [0.3, 0.4) is 0 Å². The van der Waals surface area contributed by atoms with Crippen molar-refractivity contribution >= 4 is 21.9 Å². The summed E-state index contributed by atoms with van der Waals surface area (Å²) in [6.07, 6.45) is 2.29. The molecule has 1 heterocycles. The Morgan fingerprint density at radius 3 is 3.07 bits per heavy atom. The van der Waals surface area contributed by atoms with Crippen LogP contribution in [0.1, 0.15) is 22.5 Å². The van der Waals surface area contributed by atoms with Gasteiger partial charge in [-0.05, 0) is 0 Å². The van der Waals surface area contributed by atoms with Crippen LogP contribution in [0.2, 0.25) is 0 Å². The molecular weight excluding hydrogens is 260 g/mol. The standard InChI is InChI=1S/C10H11BrN2O2/c1-13-9(10(14)15-2)8(7-12-13)5-3-4-6-11/h7H,4,6H2,1-2H3. The van der Waals surface area contributed by atoms with Crippen molar-refractivity contribution in [2.45, 2.75) is 6.42 Å². The SMILES string of the molecule is COC(=O)c1c(C#CCCBr)cnn1C. The van der Waals surface area contributed by atoms with Gasteiger partial charge in [0, 0.05) is 18.8 Å². The Morgan fingerprint density at radius 2 is 2.47 bits per heavy atom. The van der Waals surface area contributed by atoms with Gasteiger partial charge < -0.3 is 4.74 Å². The molecule has 80 valence electrons. The maximum Gasteiger partial charge on any atom is 0.357 e. The van der Waals surface area contributed by atoms with Crippen LogP contribution in [0.4, 0.5) is 0 Å². The van der Waals surface area contributed by atoms with Crippen LogP contribution in [0.25, 0.3) is 0 Å². The Labute approximate surface area is 96.7 Å². The zero-order valence-electron chi connectivity index (χ0n) is 8.58. The molecule has 0 aromatic carbocycles. The van der Waals surface area contributed by atoms with E-state index < -0.39 is 5.97 Å². The number of carbonyl (C=O) groups is 1. The number of hydrogen-bond donors (Lipinski definition) is 0. The van der Waals surface area contributed by atoms with Crippen LogP contribution in [-0.2, 0) is 11.8 Å². The van der Waals surface area contributed by atoms with Crippen molar-refractivity contribution in [2.24, 2.45) is 7.05 Å². The molecule has 0 fully saturated rings. The highest BCUT2D eigenvalue weighted by molar-refractivity contribution is 9.09. The minimum absolute atomic E-state index is 0.388. The van der Waals surface area contributed by atoms with Crippen LogP contribution in [0.15, 0.2) is 6.20 Å². The summed E-state index contributed by atoms with van der Waals surface area (Å²) in [7, 11) is 3.02. The summed E-state index contributed by atoms with van der Waals surface area (Å²) in [4.78, 5) is 11.4. The molecule has 0 bridgehead atoms. The molecule has 0 radical (unpaired) electrons. The van der Waals surface area contributed by atoms with Gasteiger partial charge in [-0.15, -0.1) is 0 Å². The van der Waals surface area contributed by atoms with E-state index in [4.69, 9.17) is 0 Å². The molecule has 1 aromatic rings. The predicted molar refractivity (Wildman–Crippen MR) is 59.8 cm³/mol. The Balaban J connectivity index is 3.00. The molecule has 0 spiro atoms. The van der Waals surface area contributed by atoms with Gasteiger partial charge >= 0.3 is 5.97 Å². The zero-order chi connectivity index (χ0) is 11.3. The molecule has 0 aliphatic carbocycles. The van der Waals surface area contributed by atoms with Gasteiger partial charge in [0.05, 0.1) is 18.9 Å². The molecule has 1 rings (SSSR count). The molecule has 0 saturated carbocycles. The van der Waals surface area contributed by atoms with Crippen molar-refractivity contribution in [1.29, 1.82) is 0 Å². The third-order valence-corrected chi connectivity index (χ3v) is 2.16. The number of aryl methyl sites for hydroxylation is 1. The summed E-state index contributed by atoms with van der Waals surface area (Å²) < 4.78 is 6.11. The van der Waals surface area contributed by atoms with E-state index >= 15 is 0 Å². The highest BCUT2D eigenvalue weighted by Crippen LogP contribution is 2.07. The van der Waals surface area contributed by atoms with Crippen LogP contribution in [0, 0.1) is 11.8 Å². The lowest BCUT2D eigenvalue weighted by atomic mass is 10.2. The number of carbonyl (C=O) groups excluding carboxylic acids is 1. The van der Waals surface area contributed by atoms with E-state index in [-0.39, 0.29) is 0 Å². The van der Waals surface area contributed by atoms with Gasteiger partial charge in [0.15, 0.2) is 5.69 Å². The summed E-state index contributed by atoms with van der Waals surface area (Å²) in [6, 6.07) is 0. The first kappa shape index (κ1) is 11.8. The van der Waals surface area contributed by atoms with Gasteiger partial charge in [-0.3, -0.25) is 4.68 Å². The van der Waals surface area contributed by atoms with Crippen LogP contribution >= 0.6 is 15.9 Å². The van der Waals surface area contributed by atoms with Gasteiger partial charge in [0.1, 0.15) is 0 Å². The first-order chi connectivity index (χ1) is 7.20. The summed E-state index contributed by atoms with van der Waals surface area (Å²) >= 11 is 3.27. The largest absolute Gasteiger partial charge is 0.464 e. The average molecular weight is 271 g/mol. The summed E-state index contributed by atoms with van der Waals surface area (Å²) in [5.74, 6) is 5.39. The molecule has 0 atom stereocenters. The fourth-order valence-electron chi connectivity index (χ4n) is 1.07. The maximum atomic E-state index is 11.4. The smallest absolute Gasteiger partial charge is 0.357 e. The molecule has 0 N–H and O–H groups in total. The van der Waals surface area contributed by atoms with Gasteiger partial charge in [-0.2, -0.15) is 5.10 Å². The number of methoxy groups -OCH3 is 1. The highest BCUT2D eigenvalue weighted by Gasteiger charge is 2.15. The average Bonchev–Trinajstić information content (AvgIpc) is 2.59. The lowest BCUT2D eigenvalue weighted by Gasteiger charge is -1.99. The van der Waals surface area contributed by atoms with E-state index in [0.29, 0.717) is 11.3 Å². The summed E-state index contributed by atoms with van der Waals surface area (Å²) in [6.45, 7) is 0. The lowest BCUT2D eigenvalue weighted by Crippen LogP contribution is -2.09. The summed E-state index contributed by atoms with van der Waals surface area (Å²) in [5, 5.41) is 4.78. The topological polar surface area (TPSA) is 44.1 Å². The van der Waals surface area contributed by atoms with Gasteiger partial charge in [-0.1, -0.05) is 27.8 Å². The zero-order valence-corrected chi connectivity index (χ0v) is 10.2. The number of rotatable bonds is 2. The van der Waals surface area contributed by atoms with Crippen LogP contribution < -0.4 is 0 Å². The fraction of sp³-hybridized carbons (Fsp3) is 0.400. The second kappa shape index (κ2) is 5.56. The molecule has 0 amide bonds. The monoisotopic (exact) mass is 270 g/mol.